The number of rotatable bonds is 7. The van der Waals surface area contributed by atoms with Crippen LogP contribution in [0.3, 0.4) is 0 Å². The molecule has 0 aliphatic rings. The minimum absolute atomic E-state index is 0.169. The van der Waals surface area contributed by atoms with Gasteiger partial charge in [-0.05, 0) is 50.2 Å². The molecule has 0 aliphatic carbocycles. The highest BCUT2D eigenvalue weighted by Gasteiger charge is 2.23. The highest BCUT2D eigenvalue weighted by molar-refractivity contribution is 7.89. The summed E-state index contributed by atoms with van der Waals surface area (Å²) < 4.78 is 47.9. The number of halogens is 1. The molecule has 0 bridgehead atoms. The second kappa shape index (κ2) is 7.85. The number of hydrogen-bond donors (Lipinski definition) is 1. The van der Waals surface area contributed by atoms with Crippen LogP contribution in [0.2, 0.25) is 0 Å². The van der Waals surface area contributed by atoms with Crippen molar-refractivity contribution in [1.82, 2.24) is 19.5 Å². The number of nitrogens with one attached hydrogen (secondary N) is 1. The van der Waals surface area contributed by atoms with E-state index in [4.69, 9.17) is 4.74 Å². The van der Waals surface area contributed by atoms with Gasteiger partial charge in [0.1, 0.15) is 11.6 Å². The predicted octanol–water partition coefficient (Wildman–Crippen LogP) is 3.27. The molecule has 0 fully saturated rings. The van der Waals surface area contributed by atoms with Crippen LogP contribution >= 0.6 is 0 Å². The molecule has 1 heterocycles. The van der Waals surface area contributed by atoms with E-state index in [-0.39, 0.29) is 16.7 Å². The van der Waals surface area contributed by atoms with Gasteiger partial charge in [-0.1, -0.05) is 23.3 Å². The lowest BCUT2D eigenvalue weighted by atomic mass is 10.3. The number of ether oxygens (including phenoxy) is 1. The molecule has 0 saturated heterocycles. The predicted molar refractivity (Wildman–Crippen MR) is 97.3 cm³/mol. The molecule has 3 rings (SSSR count). The van der Waals surface area contributed by atoms with Crippen LogP contribution in [-0.2, 0) is 16.6 Å². The van der Waals surface area contributed by atoms with Crippen LogP contribution in [-0.4, -0.2) is 23.2 Å². The number of benzene rings is 2. The molecule has 0 radical (unpaired) electrons. The van der Waals surface area contributed by atoms with Gasteiger partial charge in [-0.2, -0.15) is 0 Å². The largest absolute Gasteiger partial charge is 0.424 e. The van der Waals surface area contributed by atoms with Crippen LogP contribution < -0.4 is 9.46 Å². The van der Waals surface area contributed by atoms with Crippen molar-refractivity contribution in [3.63, 3.8) is 0 Å². The second-order valence-electron chi connectivity index (χ2n) is 5.80. The van der Waals surface area contributed by atoms with E-state index in [0.29, 0.717) is 18.1 Å². The quantitative estimate of drug-likeness (QED) is 0.669. The first kappa shape index (κ1) is 19.0. The molecule has 7 nitrogen and oxygen atoms in total. The van der Waals surface area contributed by atoms with Crippen LogP contribution in [0.15, 0.2) is 59.5 Å². The van der Waals surface area contributed by atoms with Gasteiger partial charge in [0.25, 0.3) is 0 Å². The van der Waals surface area contributed by atoms with Crippen LogP contribution in [0.1, 0.15) is 25.7 Å². The van der Waals surface area contributed by atoms with E-state index in [1.807, 2.05) is 6.92 Å². The third-order valence-corrected chi connectivity index (χ3v) is 5.41. The van der Waals surface area contributed by atoms with Gasteiger partial charge in [0.15, 0.2) is 5.82 Å². The maximum atomic E-state index is 13.0. The lowest BCUT2D eigenvalue weighted by Gasteiger charge is -2.15. The van der Waals surface area contributed by atoms with Crippen molar-refractivity contribution in [2.45, 2.75) is 31.3 Å². The zero-order chi connectivity index (χ0) is 19.4. The van der Waals surface area contributed by atoms with Crippen molar-refractivity contribution in [3.05, 3.63) is 66.2 Å². The number of nitrogens with zero attached hydrogens (tertiary/aromatic N) is 3. The lowest BCUT2D eigenvalue weighted by Crippen LogP contribution is -2.28. The molecule has 1 N–H and O–H groups in total. The van der Waals surface area contributed by atoms with Crippen LogP contribution in [0.5, 0.6) is 11.8 Å². The highest BCUT2D eigenvalue weighted by Crippen LogP contribution is 2.24. The Morgan fingerprint density at radius 1 is 1.11 bits per heavy atom. The fourth-order valence-electron chi connectivity index (χ4n) is 2.55. The second-order valence-corrected chi connectivity index (χ2v) is 7.51. The summed E-state index contributed by atoms with van der Waals surface area (Å²) in [5.41, 5.74) is 0. The standard InChI is InChI=1S/C18H19FN4O3S/c1-3-23-17(13(2)22-27(24,25)16-7-5-4-6-8-16)20-21-18(23)26-15-11-9-14(19)10-12-15/h4-13,22H,3H2,1-2H3/t13-/m1/s1. The van der Waals surface area contributed by atoms with Crippen LogP contribution in [0, 0.1) is 5.82 Å². The van der Waals surface area contributed by atoms with Gasteiger partial charge in [0.2, 0.25) is 10.0 Å². The van der Waals surface area contributed by atoms with E-state index < -0.39 is 16.1 Å². The molecule has 0 aliphatic heterocycles. The smallest absolute Gasteiger partial charge is 0.322 e. The van der Waals surface area contributed by atoms with Crippen molar-refractivity contribution >= 4 is 10.0 Å². The summed E-state index contributed by atoms with van der Waals surface area (Å²) in [7, 11) is -3.70. The topological polar surface area (TPSA) is 86.1 Å². The molecule has 142 valence electrons. The Balaban J connectivity index is 1.82. The summed E-state index contributed by atoms with van der Waals surface area (Å²) in [5.74, 6) is 0.445. The van der Waals surface area contributed by atoms with Gasteiger partial charge in [0, 0.05) is 6.54 Å². The summed E-state index contributed by atoms with van der Waals surface area (Å²) in [6.45, 7) is 4.01. The van der Waals surface area contributed by atoms with Gasteiger partial charge < -0.3 is 4.74 Å². The number of sulfonamides is 1. The zero-order valence-corrected chi connectivity index (χ0v) is 15.6. The Labute approximate surface area is 156 Å². The summed E-state index contributed by atoms with van der Waals surface area (Å²) in [6.07, 6.45) is 0. The first-order valence-electron chi connectivity index (χ1n) is 8.34. The maximum Gasteiger partial charge on any atom is 0.322 e. The lowest BCUT2D eigenvalue weighted by molar-refractivity contribution is 0.407. The SMILES string of the molecule is CCn1c(Oc2ccc(F)cc2)nnc1[C@@H](C)NS(=O)(=O)c1ccccc1. The monoisotopic (exact) mass is 390 g/mol. The third-order valence-electron chi connectivity index (χ3n) is 3.86. The van der Waals surface area contributed by atoms with Crippen LogP contribution in [0.25, 0.3) is 0 Å². The molecule has 1 aromatic heterocycles. The minimum atomic E-state index is -3.70. The summed E-state index contributed by atoms with van der Waals surface area (Å²) >= 11 is 0. The number of aromatic nitrogens is 3. The minimum Gasteiger partial charge on any atom is -0.424 e. The molecule has 2 aromatic carbocycles. The normalized spacial score (nSPS) is 12.7. The van der Waals surface area contributed by atoms with Gasteiger partial charge in [0.05, 0.1) is 10.9 Å². The van der Waals surface area contributed by atoms with Crippen molar-refractivity contribution < 1.29 is 17.5 Å². The molecule has 0 saturated carbocycles. The molecular weight excluding hydrogens is 371 g/mol. The Morgan fingerprint density at radius 2 is 1.78 bits per heavy atom. The molecule has 9 heteroatoms. The summed E-state index contributed by atoms with van der Waals surface area (Å²) in [5, 5.41) is 8.06. The molecule has 0 unspecified atom stereocenters. The Bertz CT molecular complexity index is 1000. The fourth-order valence-corrected chi connectivity index (χ4v) is 3.78. The van der Waals surface area contributed by atoms with Gasteiger partial charge in [-0.3, -0.25) is 4.57 Å². The molecule has 0 amide bonds. The highest BCUT2D eigenvalue weighted by atomic mass is 32.2. The Hall–Kier alpha value is -2.78. The van der Waals surface area contributed by atoms with E-state index in [1.165, 1.54) is 36.4 Å². The van der Waals surface area contributed by atoms with Crippen LogP contribution in [0.4, 0.5) is 4.39 Å². The first-order valence-corrected chi connectivity index (χ1v) is 9.83. The van der Waals surface area contributed by atoms with E-state index in [0.717, 1.165) is 0 Å². The molecular formula is C18H19FN4O3S. The van der Waals surface area contributed by atoms with E-state index in [2.05, 4.69) is 14.9 Å². The van der Waals surface area contributed by atoms with Crippen molar-refractivity contribution in [3.8, 4) is 11.8 Å². The molecule has 0 spiro atoms. The average molecular weight is 390 g/mol. The molecule has 3 aromatic rings. The van der Waals surface area contributed by atoms with E-state index in [1.54, 1.807) is 29.7 Å². The van der Waals surface area contributed by atoms with Gasteiger partial charge in [-0.15, -0.1) is 5.10 Å². The number of hydrogen-bond acceptors (Lipinski definition) is 5. The molecule has 27 heavy (non-hydrogen) atoms. The van der Waals surface area contributed by atoms with Crippen molar-refractivity contribution in [1.29, 1.82) is 0 Å². The Morgan fingerprint density at radius 3 is 2.41 bits per heavy atom. The first-order chi connectivity index (χ1) is 12.9. The zero-order valence-electron chi connectivity index (χ0n) is 14.8. The molecule has 1 atom stereocenters. The fraction of sp³-hybridized carbons (Fsp3) is 0.222. The van der Waals surface area contributed by atoms with E-state index >= 15 is 0 Å². The third kappa shape index (κ3) is 4.32. The summed E-state index contributed by atoms with van der Waals surface area (Å²) in [4.78, 5) is 0.169. The maximum absolute atomic E-state index is 13.0. The van der Waals surface area contributed by atoms with Gasteiger partial charge in [-0.25, -0.2) is 17.5 Å². The van der Waals surface area contributed by atoms with E-state index in [9.17, 15) is 12.8 Å². The van der Waals surface area contributed by atoms with Gasteiger partial charge >= 0.3 is 6.01 Å². The van der Waals surface area contributed by atoms with Crippen molar-refractivity contribution in [2.75, 3.05) is 0 Å². The van der Waals surface area contributed by atoms with Crippen molar-refractivity contribution in [2.24, 2.45) is 0 Å². The Kier molecular flexibility index (Phi) is 5.52. The average Bonchev–Trinajstić information content (AvgIpc) is 3.07. The summed E-state index contributed by atoms with van der Waals surface area (Å²) in [6, 6.07) is 13.2.